The van der Waals surface area contributed by atoms with Gasteiger partial charge in [-0.15, -0.1) is 0 Å². The molecule has 0 aromatic heterocycles. The Bertz CT molecular complexity index is 422. The number of hydrogen-bond donors (Lipinski definition) is 1. The molecular weight excluding hydrogens is 398 g/mol. The molecule has 1 N–H and O–H groups in total. The van der Waals surface area contributed by atoms with Gasteiger partial charge < -0.3 is 10.0 Å². The van der Waals surface area contributed by atoms with Gasteiger partial charge in [0.05, 0.1) is 0 Å². The molecular formula is C16H23Br2NO2. The zero-order chi connectivity index (χ0) is 15.5. The number of carbonyl (C=O) groups is 1. The van der Waals surface area contributed by atoms with Crippen LogP contribution in [0.1, 0.15) is 35.2 Å². The van der Waals surface area contributed by atoms with E-state index >= 15 is 0 Å². The maximum atomic E-state index is 12.0. The molecule has 3 nitrogen and oxygen atoms in total. The molecule has 0 saturated carbocycles. The molecule has 0 radical (unpaired) electrons. The van der Waals surface area contributed by atoms with Gasteiger partial charge in [0.1, 0.15) is 0 Å². The largest absolute Gasteiger partial charge is 0.396 e. The van der Waals surface area contributed by atoms with Crippen molar-refractivity contribution < 1.29 is 9.90 Å². The number of unbranched alkanes of at least 4 members (excludes halogenated alkanes) is 1. The summed E-state index contributed by atoms with van der Waals surface area (Å²) in [5, 5.41) is 11.0. The lowest BCUT2D eigenvalue weighted by atomic mass is 9.99. The fourth-order valence-corrected chi connectivity index (χ4v) is 2.93. The van der Waals surface area contributed by atoms with E-state index in [0.29, 0.717) is 13.0 Å². The summed E-state index contributed by atoms with van der Waals surface area (Å²) < 4.78 is 0. The highest BCUT2D eigenvalue weighted by molar-refractivity contribution is 9.09. The fourth-order valence-electron chi connectivity index (χ4n) is 2.14. The van der Waals surface area contributed by atoms with E-state index in [2.05, 4.69) is 31.9 Å². The summed E-state index contributed by atoms with van der Waals surface area (Å²) >= 11 is 6.66. The highest BCUT2D eigenvalue weighted by Gasteiger charge is 2.22. The van der Waals surface area contributed by atoms with Crippen LogP contribution in [-0.2, 0) is 6.42 Å². The quantitative estimate of drug-likeness (QED) is 0.563. The third-order valence-corrected chi connectivity index (χ3v) is 4.41. The van der Waals surface area contributed by atoms with Crippen molar-refractivity contribution in [2.45, 2.75) is 25.7 Å². The van der Waals surface area contributed by atoms with Gasteiger partial charge in [-0.05, 0) is 37.3 Å². The third kappa shape index (κ3) is 6.49. The Morgan fingerprint density at radius 1 is 1.10 bits per heavy atom. The number of aliphatic hydroxyl groups is 1. The molecule has 1 heterocycles. The van der Waals surface area contributed by atoms with Gasteiger partial charge in [0.2, 0.25) is 0 Å². The van der Waals surface area contributed by atoms with E-state index in [1.165, 1.54) is 12.8 Å². The van der Waals surface area contributed by atoms with Gasteiger partial charge in [0.15, 0.2) is 0 Å². The Morgan fingerprint density at radius 3 is 2.38 bits per heavy atom. The first kappa shape index (κ1) is 18.7. The van der Waals surface area contributed by atoms with Crippen molar-refractivity contribution in [3.05, 3.63) is 35.4 Å². The number of halogens is 2. The predicted molar refractivity (Wildman–Crippen MR) is 94.6 cm³/mol. The van der Waals surface area contributed by atoms with Gasteiger partial charge in [-0.2, -0.15) is 0 Å². The average molecular weight is 421 g/mol. The maximum absolute atomic E-state index is 12.0. The Morgan fingerprint density at radius 2 is 1.76 bits per heavy atom. The Hall–Kier alpha value is -0.390. The number of alkyl halides is 2. The molecule has 1 aromatic carbocycles. The first-order chi connectivity index (χ1) is 10.2. The summed E-state index contributed by atoms with van der Waals surface area (Å²) in [5.41, 5.74) is 1.96. The number of hydrogen-bond acceptors (Lipinski definition) is 2. The molecule has 5 heteroatoms. The second-order valence-corrected chi connectivity index (χ2v) is 6.45. The zero-order valence-corrected chi connectivity index (χ0v) is 15.4. The lowest BCUT2D eigenvalue weighted by Gasteiger charge is -2.28. The summed E-state index contributed by atoms with van der Waals surface area (Å²) in [7, 11) is 0. The Kier molecular flexibility index (Phi) is 9.96. The van der Waals surface area contributed by atoms with Gasteiger partial charge in [-0.3, -0.25) is 4.79 Å². The molecule has 0 atom stereocenters. The van der Waals surface area contributed by atoms with Crippen molar-refractivity contribution in [1.29, 1.82) is 0 Å². The number of benzene rings is 1. The van der Waals surface area contributed by atoms with E-state index in [1.54, 1.807) is 0 Å². The molecule has 0 bridgehead atoms. The second kappa shape index (κ2) is 11.2. The number of fused-ring (bicyclic) bond motifs is 1. The van der Waals surface area contributed by atoms with Gasteiger partial charge in [-0.1, -0.05) is 50.1 Å². The van der Waals surface area contributed by atoms with Crippen LogP contribution in [-0.4, -0.2) is 46.3 Å². The SMILES string of the molecule is BrCCCCBr.O=C1c2ccccc2CCN1CCCO. The number of nitrogens with zero attached hydrogens (tertiary/aromatic N) is 1. The smallest absolute Gasteiger partial charge is 0.254 e. The minimum Gasteiger partial charge on any atom is -0.396 e. The van der Waals surface area contributed by atoms with Crippen molar-refractivity contribution in [1.82, 2.24) is 4.90 Å². The van der Waals surface area contributed by atoms with Crippen molar-refractivity contribution in [2.75, 3.05) is 30.4 Å². The molecule has 1 aromatic rings. The highest BCUT2D eigenvalue weighted by Crippen LogP contribution is 2.18. The molecule has 0 spiro atoms. The number of rotatable bonds is 6. The molecule has 0 unspecified atom stereocenters. The minimum absolute atomic E-state index is 0.102. The molecule has 0 aliphatic carbocycles. The van der Waals surface area contributed by atoms with Crippen LogP contribution in [0.3, 0.4) is 0 Å². The van der Waals surface area contributed by atoms with Gasteiger partial charge in [0.25, 0.3) is 5.91 Å². The van der Waals surface area contributed by atoms with Crippen LogP contribution in [0, 0.1) is 0 Å². The van der Waals surface area contributed by atoms with Gasteiger partial charge in [0, 0.05) is 35.9 Å². The monoisotopic (exact) mass is 419 g/mol. The lowest BCUT2D eigenvalue weighted by molar-refractivity contribution is 0.0729. The molecule has 0 fully saturated rings. The minimum atomic E-state index is 0.102. The van der Waals surface area contributed by atoms with Crippen molar-refractivity contribution in [2.24, 2.45) is 0 Å². The zero-order valence-electron chi connectivity index (χ0n) is 12.2. The first-order valence-corrected chi connectivity index (χ1v) is 9.58. The summed E-state index contributed by atoms with van der Waals surface area (Å²) in [4.78, 5) is 13.8. The van der Waals surface area contributed by atoms with Crippen LogP contribution in [0.5, 0.6) is 0 Å². The van der Waals surface area contributed by atoms with E-state index in [0.717, 1.165) is 34.8 Å². The van der Waals surface area contributed by atoms with Gasteiger partial charge in [-0.25, -0.2) is 0 Å². The summed E-state index contributed by atoms with van der Waals surface area (Å²) in [6.45, 7) is 1.57. The lowest BCUT2D eigenvalue weighted by Crippen LogP contribution is -2.38. The maximum Gasteiger partial charge on any atom is 0.254 e. The van der Waals surface area contributed by atoms with Crippen LogP contribution < -0.4 is 0 Å². The van der Waals surface area contributed by atoms with E-state index in [-0.39, 0.29) is 12.5 Å². The topological polar surface area (TPSA) is 40.5 Å². The molecule has 1 aliphatic rings. The van der Waals surface area contributed by atoms with Gasteiger partial charge >= 0.3 is 0 Å². The second-order valence-electron chi connectivity index (χ2n) is 4.86. The highest BCUT2D eigenvalue weighted by atomic mass is 79.9. The third-order valence-electron chi connectivity index (χ3n) is 3.29. The molecule has 118 valence electrons. The van der Waals surface area contributed by atoms with Crippen LogP contribution in [0.2, 0.25) is 0 Å². The predicted octanol–water partition coefficient (Wildman–Crippen LogP) is 3.62. The van der Waals surface area contributed by atoms with E-state index in [4.69, 9.17) is 5.11 Å². The molecule has 1 aliphatic heterocycles. The summed E-state index contributed by atoms with van der Waals surface area (Å²) in [6, 6.07) is 7.75. The summed E-state index contributed by atoms with van der Waals surface area (Å²) in [6.07, 6.45) is 4.15. The first-order valence-electron chi connectivity index (χ1n) is 7.34. The molecule has 0 saturated heterocycles. The summed E-state index contributed by atoms with van der Waals surface area (Å²) in [5.74, 6) is 0.102. The van der Waals surface area contributed by atoms with Crippen LogP contribution >= 0.6 is 31.9 Å². The molecule has 21 heavy (non-hydrogen) atoms. The number of carbonyl (C=O) groups excluding carboxylic acids is 1. The molecule has 2 rings (SSSR count). The average Bonchev–Trinajstić information content (AvgIpc) is 2.53. The Balaban J connectivity index is 0.000000315. The Labute approximate surface area is 144 Å². The standard InChI is InChI=1S/C12H15NO2.C4H8Br2/c14-9-3-7-13-8-6-10-4-1-2-5-11(10)12(13)15;5-3-1-2-4-6/h1-2,4-5,14H,3,6-9H2;1-4H2. The number of aliphatic hydroxyl groups excluding tert-OH is 1. The van der Waals surface area contributed by atoms with Crippen LogP contribution in [0.15, 0.2) is 24.3 Å². The van der Waals surface area contributed by atoms with Crippen molar-refractivity contribution >= 4 is 37.8 Å². The van der Waals surface area contributed by atoms with E-state index < -0.39 is 0 Å². The van der Waals surface area contributed by atoms with E-state index in [9.17, 15) is 4.79 Å². The molecule has 1 amide bonds. The van der Waals surface area contributed by atoms with Crippen LogP contribution in [0.25, 0.3) is 0 Å². The van der Waals surface area contributed by atoms with E-state index in [1.807, 2.05) is 29.2 Å². The normalized spacial score (nSPS) is 13.5. The number of amides is 1. The van der Waals surface area contributed by atoms with Crippen molar-refractivity contribution in [3.8, 4) is 0 Å². The van der Waals surface area contributed by atoms with Crippen molar-refractivity contribution in [3.63, 3.8) is 0 Å². The fraction of sp³-hybridized carbons (Fsp3) is 0.562. The van der Waals surface area contributed by atoms with Crippen LogP contribution in [0.4, 0.5) is 0 Å².